The molecule has 3 N–H and O–H groups in total. The summed E-state index contributed by atoms with van der Waals surface area (Å²) in [6.45, 7) is 5.16. The molecule has 2 rings (SSSR count). The van der Waals surface area contributed by atoms with Crippen molar-refractivity contribution >= 4 is 41.6 Å². The second-order valence-electron chi connectivity index (χ2n) is 5.17. The van der Waals surface area contributed by atoms with Crippen LogP contribution in [0.25, 0.3) is 0 Å². The molecule has 1 fully saturated rings. The number of carbonyl (C=O) groups excluding carboxylic acids is 1. The molecule has 1 heterocycles. The van der Waals surface area contributed by atoms with Crippen molar-refractivity contribution in [2.45, 2.75) is 13.0 Å². The maximum Gasteiger partial charge on any atom is 0.314 e. The maximum atomic E-state index is 11.6. The lowest BCUT2D eigenvalue weighted by molar-refractivity contribution is 0.0315. The summed E-state index contributed by atoms with van der Waals surface area (Å²) >= 11 is 12.1. The fourth-order valence-corrected chi connectivity index (χ4v) is 2.78. The molecule has 2 atom stereocenters. The largest absolute Gasteiger partial charge is 0.372 e. The van der Waals surface area contributed by atoms with Crippen molar-refractivity contribution < 1.29 is 9.53 Å². The van der Waals surface area contributed by atoms with Crippen molar-refractivity contribution in [1.29, 1.82) is 0 Å². The lowest BCUT2D eigenvalue weighted by atomic mass is 9.95. The number of hydrogen-bond acceptors (Lipinski definition) is 3. The summed E-state index contributed by atoms with van der Waals surface area (Å²) in [5, 5.41) is 9.95. The normalized spacial score (nSPS) is 21.0. The number of benzene rings is 1. The quantitative estimate of drug-likeness (QED) is 0.750. The number of nitrogens with one attached hydrogen (secondary N) is 3. The van der Waals surface area contributed by atoms with Crippen molar-refractivity contribution in [3.05, 3.63) is 33.8 Å². The monoisotopic (exact) mass is 381 g/mol. The van der Waals surface area contributed by atoms with Crippen LogP contribution in [0.5, 0.6) is 0 Å². The van der Waals surface area contributed by atoms with Gasteiger partial charge >= 0.3 is 6.03 Å². The minimum Gasteiger partial charge on any atom is -0.372 e. The van der Waals surface area contributed by atoms with Gasteiger partial charge < -0.3 is 20.7 Å². The fraction of sp³-hybridized carbons (Fsp3) is 0.533. The van der Waals surface area contributed by atoms with E-state index in [0.717, 1.165) is 18.7 Å². The highest BCUT2D eigenvalue weighted by Gasteiger charge is 2.27. The molecule has 2 amide bonds. The number of carbonyl (C=O) groups is 1. The van der Waals surface area contributed by atoms with Gasteiger partial charge in [0, 0.05) is 32.1 Å². The smallest absolute Gasteiger partial charge is 0.314 e. The van der Waals surface area contributed by atoms with Crippen LogP contribution in [-0.4, -0.2) is 38.8 Å². The standard InChI is InChI=1S/C15H21Cl2N3O2.ClH/c1-2-19-15(21)20-9-11-8-18-5-6-22-14(11)10-3-4-12(16)13(17)7-10;/h3-4,7,11,14,18H,2,5-6,8-9H2,1H3,(H2,19,20,21);1H/t11-,14-;/m1./s1. The first-order chi connectivity index (χ1) is 10.6. The van der Waals surface area contributed by atoms with E-state index >= 15 is 0 Å². The molecule has 130 valence electrons. The van der Waals surface area contributed by atoms with E-state index in [9.17, 15) is 4.79 Å². The zero-order valence-corrected chi connectivity index (χ0v) is 15.2. The Bertz CT molecular complexity index is 517. The van der Waals surface area contributed by atoms with Crippen molar-refractivity contribution in [3.63, 3.8) is 0 Å². The van der Waals surface area contributed by atoms with E-state index in [4.69, 9.17) is 27.9 Å². The number of amides is 2. The molecule has 1 aromatic carbocycles. The highest BCUT2D eigenvalue weighted by atomic mass is 35.5. The molecule has 0 spiro atoms. The number of ether oxygens (including phenoxy) is 1. The molecule has 1 aliphatic rings. The van der Waals surface area contributed by atoms with E-state index in [1.54, 1.807) is 6.07 Å². The first kappa shape index (κ1) is 20.3. The SMILES string of the molecule is CCNC(=O)NC[C@H]1CNCCO[C@@H]1c1ccc(Cl)c(Cl)c1.Cl. The van der Waals surface area contributed by atoms with Crippen LogP contribution >= 0.6 is 35.6 Å². The topological polar surface area (TPSA) is 62.4 Å². The molecule has 8 heteroatoms. The van der Waals surface area contributed by atoms with E-state index in [0.29, 0.717) is 29.7 Å². The molecule has 0 radical (unpaired) electrons. The van der Waals surface area contributed by atoms with Crippen LogP contribution in [0.1, 0.15) is 18.6 Å². The van der Waals surface area contributed by atoms with E-state index in [2.05, 4.69) is 16.0 Å². The van der Waals surface area contributed by atoms with Gasteiger partial charge in [0.15, 0.2) is 0 Å². The second kappa shape index (κ2) is 10.2. The molecule has 0 bridgehead atoms. The maximum absolute atomic E-state index is 11.6. The summed E-state index contributed by atoms with van der Waals surface area (Å²) in [4.78, 5) is 11.6. The summed E-state index contributed by atoms with van der Waals surface area (Å²) in [6.07, 6.45) is -0.133. The number of hydrogen-bond donors (Lipinski definition) is 3. The van der Waals surface area contributed by atoms with Crippen LogP contribution in [0, 0.1) is 5.92 Å². The highest BCUT2D eigenvalue weighted by Crippen LogP contribution is 2.31. The molecule has 0 aromatic heterocycles. The molecule has 0 saturated carbocycles. The number of rotatable bonds is 4. The molecule has 23 heavy (non-hydrogen) atoms. The van der Waals surface area contributed by atoms with Gasteiger partial charge in [-0.3, -0.25) is 0 Å². The van der Waals surface area contributed by atoms with Crippen molar-refractivity contribution in [3.8, 4) is 0 Å². The van der Waals surface area contributed by atoms with Gasteiger partial charge in [-0.25, -0.2) is 4.79 Å². The third kappa shape index (κ3) is 6.01. The first-order valence-corrected chi connectivity index (χ1v) is 8.16. The minimum atomic E-state index is -0.167. The Morgan fingerprint density at radius 1 is 1.35 bits per heavy atom. The van der Waals surface area contributed by atoms with Crippen LogP contribution in [-0.2, 0) is 4.74 Å². The predicted octanol–water partition coefficient (Wildman–Crippen LogP) is 3.01. The first-order valence-electron chi connectivity index (χ1n) is 7.40. The number of urea groups is 1. The Morgan fingerprint density at radius 3 is 2.83 bits per heavy atom. The summed E-state index contributed by atoms with van der Waals surface area (Å²) in [6, 6.07) is 5.36. The van der Waals surface area contributed by atoms with Crippen molar-refractivity contribution in [1.82, 2.24) is 16.0 Å². The molecule has 5 nitrogen and oxygen atoms in total. The van der Waals surface area contributed by atoms with Gasteiger partial charge in [0.25, 0.3) is 0 Å². The van der Waals surface area contributed by atoms with Crippen LogP contribution in [0.3, 0.4) is 0 Å². The molecular weight excluding hydrogens is 361 g/mol. The Hall–Kier alpha value is -0.720. The Labute approximate surface area is 152 Å². The van der Waals surface area contributed by atoms with Crippen LogP contribution in [0.4, 0.5) is 4.79 Å². The predicted molar refractivity (Wildman–Crippen MR) is 95.8 cm³/mol. The Balaban J connectivity index is 0.00000264. The summed E-state index contributed by atoms with van der Waals surface area (Å²) in [5.41, 5.74) is 0.973. The van der Waals surface area contributed by atoms with Gasteiger partial charge in [0.05, 0.1) is 22.8 Å². The van der Waals surface area contributed by atoms with E-state index in [1.807, 2.05) is 19.1 Å². The summed E-state index contributed by atoms with van der Waals surface area (Å²) in [7, 11) is 0. The Kier molecular flexibility index (Phi) is 9.02. The van der Waals surface area contributed by atoms with Crippen molar-refractivity contribution in [2.24, 2.45) is 5.92 Å². The molecule has 0 aliphatic carbocycles. The van der Waals surface area contributed by atoms with Gasteiger partial charge in [0.1, 0.15) is 0 Å². The zero-order chi connectivity index (χ0) is 15.9. The molecule has 0 unspecified atom stereocenters. The van der Waals surface area contributed by atoms with E-state index in [-0.39, 0.29) is 30.5 Å². The average molecular weight is 383 g/mol. The van der Waals surface area contributed by atoms with Crippen LogP contribution in [0.15, 0.2) is 18.2 Å². The van der Waals surface area contributed by atoms with Gasteiger partial charge in [-0.1, -0.05) is 29.3 Å². The minimum absolute atomic E-state index is 0. The lowest BCUT2D eigenvalue weighted by Crippen LogP contribution is -2.41. The van der Waals surface area contributed by atoms with Crippen molar-refractivity contribution in [2.75, 3.05) is 32.8 Å². The second-order valence-corrected chi connectivity index (χ2v) is 5.98. The van der Waals surface area contributed by atoms with Crippen LogP contribution < -0.4 is 16.0 Å². The molecule has 1 saturated heterocycles. The Morgan fingerprint density at radius 2 is 2.13 bits per heavy atom. The zero-order valence-electron chi connectivity index (χ0n) is 12.9. The number of halogens is 3. The summed E-state index contributed by atoms with van der Waals surface area (Å²) < 4.78 is 5.95. The van der Waals surface area contributed by atoms with E-state index < -0.39 is 0 Å². The van der Waals surface area contributed by atoms with E-state index in [1.165, 1.54) is 0 Å². The average Bonchev–Trinajstić information content (AvgIpc) is 2.74. The fourth-order valence-electron chi connectivity index (χ4n) is 2.47. The van der Waals surface area contributed by atoms with Gasteiger partial charge in [-0.05, 0) is 24.6 Å². The third-order valence-electron chi connectivity index (χ3n) is 3.55. The molecular formula is C15H22Cl3N3O2. The summed E-state index contributed by atoms with van der Waals surface area (Å²) in [5.74, 6) is 0.113. The third-order valence-corrected chi connectivity index (χ3v) is 4.28. The highest BCUT2D eigenvalue weighted by molar-refractivity contribution is 6.42. The lowest BCUT2D eigenvalue weighted by Gasteiger charge is -2.25. The van der Waals surface area contributed by atoms with Gasteiger partial charge in [-0.2, -0.15) is 0 Å². The van der Waals surface area contributed by atoms with Gasteiger partial charge in [-0.15, -0.1) is 12.4 Å². The van der Waals surface area contributed by atoms with Gasteiger partial charge in [0.2, 0.25) is 0 Å². The molecule has 1 aromatic rings. The molecule has 1 aliphatic heterocycles. The van der Waals surface area contributed by atoms with Crippen LogP contribution in [0.2, 0.25) is 10.0 Å².